The van der Waals surface area contributed by atoms with Crippen LogP contribution in [-0.4, -0.2) is 11.5 Å². The third-order valence-electron chi connectivity index (χ3n) is 3.37. The van der Waals surface area contributed by atoms with Crippen molar-refractivity contribution < 1.29 is 4.39 Å². The summed E-state index contributed by atoms with van der Waals surface area (Å²) < 4.78 is 13.8. The predicted octanol–water partition coefficient (Wildman–Crippen LogP) is 3.48. The Morgan fingerprint density at radius 2 is 1.95 bits per heavy atom. The zero-order valence-corrected chi connectivity index (χ0v) is 10.5. The molecule has 3 aromatic rings. The summed E-state index contributed by atoms with van der Waals surface area (Å²) in [6, 6.07) is 12.8. The SMILES string of the molecule is NCCc1c[nH]c2ccc(-c3ccccc3F)cc12. The first-order chi connectivity index (χ1) is 9.29. The number of aromatic nitrogens is 1. The summed E-state index contributed by atoms with van der Waals surface area (Å²) in [6.45, 7) is 0.608. The van der Waals surface area contributed by atoms with Crippen LogP contribution in [0, 0.1) is 5.82 Å². The van der Waals surface area contributed by atoms with Gasteiger partial charge in [-0.1, -0.05) is 24.3 Å². The maximum atomic E-state index is 13.8. The molecule has 0 aliphatic heterocycles. The summed E-state index contributed by atoms with van der Waals surface area (Å²) >= 11 is 0. The summed E-state index contributed by atoms with van der Waals surface area (Å²) in [5.41, 5.74) is 9.37. The number of nitrogens with two attached hydrogens (primary N) is 1. The lowest BCUT2D eigenvalue weighted by Gasteiger charge is -2.04. The molecule has 0 unspecified atom stereocenters. The molecule has 19 heavy (non-hydrogen) atoms. The molecule has 0 aliphatic carbocycles. The van der Waals surface area contributed by atoms with Gasteiger partial charge in [0, 0.05) is 22.7 Å². The topological polar surface area (TPSA) is 41.8 Å². The van der Waals surface area contributed by atoms with E-state index >= 15 is 0 Å². The average Bonchev–Trinajstić information content (AvgIpc) is 2.82. The van der Waals surface area contributed by atoms with Crippen LogP contribution >= 0.6 is 0 Å². The van der Waals surface area contributed by atoms with Crippen molar-refractivity contribution in [3.05, 3.63) is 60.0 Å². The van der Waals surface area contributed by atoms with Gasteiger partial charge in [-0.05, 0) is 42.3 Å². The van der Waals surface area contributed by atoms with Crippen molar-refractivity contribution in [1.29, 1.82) is 0 Å². The van der Waals surface area contributed by atoms with E-state index in [4.69, 9.17) is 5.73 Å². The highest BCUT2D eigenvalue weighted by Crippen LogP contribution is 2.28. The van der Waals surface area contributed by atoms with Gasteiger partial charge in [-0.3, -0.25) is 0 Å². The number of H-pyrrole nitrogens is 1. The molecule has 1 aromatic heterocycles. The van der Waals surface area contributed by atoms with E-state index in [1.54, 1.807) is 12.1 Å². The molecule has 0 aliphatic rings. The molecule has 3 rings (SSSR count). The van der Waals surface area contributed by atoms with Gasteiger partial charge in [0.2, 0.25) is 0 Å². The molecule has 2 aromatic carbocycles. The number of aromatic amines is 1. The lowest BCUT2D eigenvalue weighted by molar-refractivity contribution is 0.631. The minimum atomic E-state index is -0.197. The summed E-state index contributed by atoms with van der Waals surface area (Å²) in [7, 11) is 0. The predicted molar refractivity (Wildman–Crippen MR) is 76.5 cm³/mol. The number of hydrogen-bond acceptors (Lipinski definition) is 1. The molecule has 3 heteroatoms. The molecule has 0 radical (unpaired) electrons. The standard InChI is InChI=1S/C16H15FN2/c17-15-4-2-1-3-13(15)11-5-6-16-14(9-11)12(7-8-18)10-19-16/h1-6,9-10,19H,7-8,18H2. The summed E-state index contributed by atoms with van der Waals surface area (Å²) in [6.07, 6.45) is 2.80. The van der Waals surface area contributed by atoms with Crippen LogP contribution in [0.4, 0.5) is 4.39 Å². The van der Waals surface area contributed by atoms with Crippen LogP contribution < -0.4 is 5.73 Å². The van der Waals surface area contributed by atoms with Crippen LogP contribution in [0.25, 0.3) is 22.0 Å². The highest BCUT2D eigenvalue weighted by Gasteiger charge is 2.08. The molecule has 0 atom stereocenters. The normalized spacial score (nSPS) is 11.1. The number of fused-ring (bicyclic) bond motifs is 1. The Morgan fingerprint density at radius 1 is 1.11 bits per heavy atom. The average molecular weight is 254 g/mol. The molecule has 0 amide bonds. The Labute approximate surface area is 111 Å². The minimum Gasteiger partial charge on any atom is -0.361 e. The fourth-order valence-electron chi connectivity index (χ4n) is 2.40. The van der Waals surface area contributed by atoms with Crippen molar-refractivity contribution in [2.75, 3.05) is 6.54 Å². The molecule has 3 N–H and O–H groups in total. The minimum absolute atomic E-state index is 0.197. The van der Waals surface area contributed by atoms with Gasteiger partial charge in [-0.2, -0.15) is 0 Å². The van der Waals surface area contributed by atoms with Gasteiger partial charge < -0.3 is 10.7 Å². The van der Waals surface area contributed by atoms with Gasteiger partial charge in [0.15, 0.2) is 0 Å². The third kappa shape index (κ3) is 2.13. The van der Waals surface area contributed by atoms with E-state index in [1.807, 2.05) is 30.5 Å². The van der Waals surface area contributed by atoms with Crippen LogP contribution in [0.3, 0.4) is 0 Å². The summed E-state index contributed by atoms with van der Waals surface area (Å²) in [5.74, 6) is -0.197. The lowest BCUT2D eigenvalue weighted by Crippen LogP contribution is -2.01. The van der Waals surface area contributed by atoms with Gasteiger partial charge in [-0.15, -0.1) is 0 Å². The van der Waals surface area contributed by atoms with Crippen molar-refractivity contribution in [1.82, 2.24) is 4.98 Å². The molecule has 0 bridgehead atoms. The Bertz CT molecular complexity index is 716. The lowest BCUT2D eigenvalue weighted by atomic mass is 10.0. The maximum absolute atomic E-state index is 13.8. The van der Waals surface area contributed by atoms with Crippen molar-refractivity contribution in [3.8, 4) is 11.1 Å². The van der Waals surface area contributed by atoms with Crippen LogP contribution in [0.1, 0.15) is 5.56 Å². The van der Waals surface area contributed by atoms with Gasteiger partial charge in [-0.25, -0.2) is 4.39 Å². The van der Waals surface area contributed by atoms with Crippen LogP contribution in [0.15, 0.2) is 48.7 Å². The van der Waals surface area contributed by atoms with Gasteiger partial charge in [0.25, 0.3) is 0 Å². The largest absolute Gasteiger partial charge is 0.361 e. The molecular weight excluding hydrogens is 239 g/mol. The highest BCUT2D eigenvalue weighted by atomic mass is 19.1. The van der Waals surface area contributed by atoms with Crippen molar-refractivity contribution in [2.24, 2.45) is 5.73 Å². The Kier molecular flexibility index (Phi) is 3.05. The van der Waals surface area contributed by atoms with Crippen molar-refractivity contribution >= 4 is 10.9 Å². The monoisotopic (exact) mass is 254 g/mol. The highest BCUT2D eigenvalue weighted by molar-refractivity contribution is 5.88. The Hall–Kier alpha value is -2.13. The maximum Gasteiger partial charge on any atom is 0.131 e. The number of hydrogen-bond donors (Lipinski definition) is 2. The van der Waals surface area contributed by atoms with E-state index in [0.29, 0.717) is 12.1 Å². The second kappa shape index (κ2) is 4.86. The Morgan fingerprint density at radius 3 is 2.74 bits per heavy atom. The molecule has 1 heterocycles. The fourth-order valence-corrected chi connectivity index (χ4v) is 2.40. The number of nitrogens with one attached hydrogen (secondary N) is 1. The van der Waals surface area contributed by atoms with Crippen molar-refractivity contribution in [3.63, 3.8) is 0 Å². The molecule has 0 fully saturated rings. The first kappa shape index (κ1) is 11.9. The Balaban J connectivity index is 2.15. The van der Waals surface area contributed by atoms with Gasteiger partial charge in [0.1, 0.15) is 5.82 Å². The number of rotatable bonds is 3. The zero-order chi connectivity index (χ0) is 13.2. The van der Waals surface area contributed by atoms with Crippen LogP contribution in [0.5, 0.6) is 0 Å². The van der Waals surface area contributed by atoms with E-state index < -0.39 is 0 Å². The molecule has 0 spiro atoms. The number of halogens is 1. The van der Waals surface area contributed by atoms with Gasteiger partial charge >= 0.3 is 0 Å². The van der Waals surface area contributed by atoms with Crippen LogP contribution in [0.2, 0.25) is 0 Å². The molecule has 2 nitrogen and oxygen atoms in total. The molecule has 96 valence electrons. The summed E-state index contributed by atoms with van der Waals surface area (Å²) in [5, 5.41) is 1.12. The van der Waals surface area contributed by atoms with E-state index in [-0.39, 0.29) is 5.82 Å². The van der Waals surface area contributed by atoms with Gasteiger partial charge in [0.05, 0.1) is 0 Å². The van der Waals surface area contributed by atoms with Crippen LogP contribution in [-0.2, 0) is 6.42 Å². The van der Waals surface area contributed by atoms with E-state index in [1.165, 1.54) is 11.6 Å². The zero-order valence-electron chi connectivity index (χ0n) is 10.5. The first-order valence-electron chi connectivity index (χ1n) is 6.34. The summed E-state index contributed by atoms with van der Waals surface area (Å²) in [4.78, 5) is 3.22. The first-order valence-corrected chi connectivity index (χ1v) is 6.34. The molecule has 0 saturated heterocycles. The van der Waals surface area contributed by atoms with E-state index in [9.17, 15) is 4.39 Å². The number of benzene rings is 2. The smallest absolute Gasteiger partial charge is 0.131 e. The van der Waals surface area contributed by atoms with E-state index in [2.05, 4.69) is 4.98 Å². The van der Waals surface area contributed by atoms with Crippen molar-refractivity contribution in [2.45, 2.75) is 6.42 Å². The van der Waals surface area contributed by atoms with E-state index in [0.717, 1.165) is 22.9 Å². The second-order valence-corrected chi connectivity index (χ2v) is 4.59. The third-order valence-corrected chi connectivity index (χ3v) is 3.37. The fraction of sp³-hybridized carbons (Fsp3) is 0.125. The second-order valence-electron chi connectivity index (χ2n) is 4.59. The quantitative estimate of drug-likeness (QED) is 0.738. The molecular formula is C16H15FN2. The molecule has 0 saturated carbocycles.